The fourth-order valence-electron chi connectivity index (χ4n) is 1.33. The fraction of sp³-hybridized carbons (Fsp3) is 0.769. The standard InChI is InChI=1S/C13H24O2/c1-10(2)7-6-8-11(3)12(4)9-15-13(5)14/h7,11-12H,6,8-9H2,1-5H3/t11-,12+/m1/s1. The molecule has 0 amide bonds. The third kappa shape index (κ3) is 8.22. The van der Waals surface area contributed by atoms with Crippen molar-refractivity contribution in [3.05, 3.63) is 11.6 Å². The maximum absolute atomic E-state index is 10.6. The van der Waals surface area contributed by atoms with Gasteiger partial charge in [0.2, 0.25) is 0 Å². The SMILES string of the molecule is CC(=O)OC[C@H](C)[C@H](C)CCC=C(C)C. The smallest absolute Gasteiger partial charge is 0.302 e. The average Bonchev–Trinajstić information content (AvgIpc) is 2.13. The molecule has 0 spiro atoms. The van der Waals surface area contributed by atoms with E-state index in [1.165, 1.54) is 12.5 Å². The number of rotatable bonds is 6. The Kier molecular flexibility index (Phi) is 7.10. The van der Waals surface area contributed by atoms with Gasteiger partial charge in [-0.3, -0.25) is 4.79 Å². The van der Waals surface area contributed by atoms with Crippen LogP contribution in [0.2, 0.25) is 0 Å². The van der Waals surface area contributed by atoms with Gasteiger partial charge in [0.15, 0.2) is 0 Å². The Bertz CT molecular complexity index is 215. The van der Waals surface area contributed by atoms with Crippen LogP contribution in [0.1, 0.15) is 47.5 Å². The van der Waals surface area contributed by atoms with Crippen LogP contribution in [0, 0.1) is 11.8 Å². The minimum absolute atomic E-state index is 0.182. The molecule has 0 aromatic rings. The molecule has 0 saturated carbocycles. The lowest BCUT2D eigenvalue weighted by Crippen LogP contribution is -2.16. The summed E-state index contributed by atoms with van der Waals surface area (Å²) < 4.78 is 5.00. The van der Waals surface area contributed by atoms with Gasteiger partial charge in [-0.1, -0.05) is 25.5 Å². The molecule has 0 aliphatic carbocycles. The summed E-state index contributed by atoms with van der Waals surface area (Å²) in [6.45, 7) is 10.6. The predicted octanol–water partition coefficient (Wildman–Crippen LogP) is 3.57. The second-order valence-corrected chi connectivity index (χ2v) is 4.62. The van der Waals surface area contributed by atoms with Crippen LogP contribution in [0.5, 0.6) is 0 Å². The lowest BCUT2D eigenvalue weighted by Gasteiger charge is -2.18. The van der Waals surface area contributed by atoms with Gasteiger partial charge in [0.25, 0.3) is 0 Å². The van der Waals surface area contributed by atoms with Crippen molar-refractivity contribution in [1.82, 2.24) is 0 Å². The first-order valence-corrected chi connectivity index (χ1v) is 5.70. The number of hydrogen-bond donors (Lipinski definition) is 0. The first kappa shape index (κ1) is 14.2. The van der Waals surface area contributed by atoms with Gasteiger partial charge in [-0.15, -0.1) is 0 Å². The zero-order valence-electron chi connectivity index (χ0n) is 10.7. The van der Waals surface area contributed by atoms with Gasteiger partial charge in [0.1, 0.15) is 0 Å². The molecule has 88 valence electrons. The van der Waals surface area contributed by atoms with Crippen LogP contribution >= 0.6 is 0 Å². The summed E-state index contributed by atoms with van der Waals surface area (Å²) >= 11 is 0. The molecule has 0 heterocycles. The Labute approximate surface area is 93.7 Å². The number of carbonyl (C=O) groups is 1. The van der Waals surface area contributed by atoms with Gasteiger partial charge in [0, 0.05) is 6.92 Å². The first-order chi connectivity index (χ1) is 6.93. The summed E-state index contributed by atoms with van der Waals surface area (Å²) in [5.74, 6) is 0.859. The minimum Gasteiger partial charge on any atom is -0.466 e. The Morgan fingerprint density at radius 3 is 2.27 bits per heavy atom. The molecule has 0 unspecified atom stereocenters. The molecular weight excluding hydrogens is 188 g/mol. The van der Waals surface area contributed by atoms with Gasteiger partial charge in [-0.25, -0.2) is 0 Å². The van der Waals surface area contributed by atoms with Crippen molar-refractivity contribution < 1.29 is 9.53 Å². The molecular formula is C13H24O2. The van der Waals surface area contributed by atoms with Crippen LogP contribution in [-0.2, 0) is 9.53 Å². The highest BCUT2D eigenvalue weighted by molar-refractivity contribution is 5.65. The van der Waals surface area contributed by atoms with Gasteiger partial charge in [-0.2, -0.15) is 0 Å². The number of esters is 1. The fourth-order valence-corrected chi connectivity index (χ4v) is 1.33. The van der Waals surface area contributed by atoms with E-state index < -0.39 is 0 Å². The van der Waals surface area contributed by atoms with E-state index in [2.05, 4.69) is 33.8 Å². The van der Waals surface area contributed by atoms with E-state index in [-0.39, 0.29) is 5.97 Å². The second-order valence-electron chi connectivity index (χ2n) is 4.62. The van der Waals surface area contributed by atoms with Crippen molar-refractivity contribution in [2.75, 3.05) is 6.61 Å². The van der Waals surface area contributed by atoms with E-state index in [1.54, 1.807) is 0 Å². The molecule has 0 rings (SSSR count). The quantitative estimate of drug-likeness (QED) is 0.497. The van der Waals surface area contributed by atoms with E-state index in [9.17, 15) is 4.79 Å². The Morgan fingerprint density at radius 1 is 1.20 bits per heavy atom. The van der Waals surface area contributed by atoms with Crippen LogP contribution < -0.4 is 0 Å². The highest BCUT2D eigenvalue weighted by atomic mass is 16.5. The van der Waals surface area contributed by atoms with Crippen LogP contribution in [0.25, 0.3) is 0 Å². The topological polar surface area (TPSA) is 26.3 Å². The van der Waals surface area contributed by atoms with Crippen molar-refractivity contribution in [2.45, 2.75) is 47.5 Å². The van der Waals surface area contributed by atoms with E-state index >= 15 is 0 Å². The molecule has 0 saturated heterocycles. The van der Waals surface area contributed by atoms with Gasteiger partial charge < -0.3 is 4.74 Å². The zero-order valence-corrected chi connectivity index (χ0v) is 10.7. The largest absolute Gasteiger partial charge is 0.466 e. The summed E-state index contributed by atoms with van der Waals surface area (Å²) in [7, 11) is 0. The number of ether oxygens (including phenoxy) is 1. The van der Waals surface area contributed by atoms with Crippen LogP contribution in [0.4, 0.5) is 0 Å². The molecule has 0 aromatic heterocycles. The van der Waals surface area contributed by atoms with E-state index in [0.717, 1.165) is 12.8 Å². The summed E-state index contributed by atoms with van der Waals surface area (Å²) in [4.78, 5) is 10.6. The molecule has 2 heteroatoms. The molecule has 0 aliphatic rings. The third-order valence-electron chi connectivity index (χ3n) is 2.70. The molecule has 0 N–H and O–H groups in total. The monoisotopic (exact) mass is 212 g/mol. The normalized spacial score (nSPS) is 14.2. The molecule has 0 bridgehead atoms. The van der Waals surface area contributed by atoms with E-state index in [1.807, 2.05) is 0 Å². The molecule has 0 aliphatic heterocycles. The van der Waals surface area contributed by atoms with Crippen LogP contribution in [0.15, 0.2) is 11.6 Å². The van der Waals surface area contributed by atoms with Crippen molar-refractivity contribution in [3.8, 4) is 0 Å². The van der Waals surface area contributed by atoms with Crippen LogP contribution in [0.3, 0.4) is 0 Å². The molecule has 0 radical (unpaired) electrons. The van der Waals surface area contributed by atoms with Crippen molar-refractivity contribution in [2.24, 2.45) is 11.8 Å². The second kappa shape index (κ2) is 7.49. The Morgan fingerprint density at radius 2 is 1.80 bits per heavy atom. The lowest BCUT2D eigenvalue weighted by molar-refractivity contribution is -0.142. The highest BCUT2D eigenvalue weighted by Crippen LogP contribution is 2.18. The van der Waals surface area contributed by atoms with Gasteiger partial charge in [0.05, 0.1) is 6.61 Å². The molecule has 0 fully saturated rings. The zero-order chi connectivity index (χ0) is 11.8. The van der Waals surface area contributed by atoms with Crippen molar-refractivity contribution in [3.63, 3.8) is 0 Å². The van der Waals surface area contributed by atoms with E-state index in [4.69, 9.17) is 4.74 Å². The Balaban J connectivity index is 3.73. The maximum atomic E-state index is 10.6. The van der Waals surface area contributed by atoms with E-state index in [0.29, 0.717) is 18.4 Å². The molecule has 2 atom stereocenters. The number of carbonyl (C=O) groups excluding carboxylic acids is 1. The van der Waals surface area contributed by atoms with Crippen molar-refractivity contribution in [1.29, 1.82) is 0 Å². The summed E-state index contributed by atoms with van der Waals surface area (Å²) in [5, 5.41) is 0. The molecule has 15 heavy (non-hydrogen) atoms. The maximum Gasteiger partial charge on any atom is 0.302 e. The number of allylic oxidation sites excluding steroid dienone is 2. The third-order valence-corrected chi connectivity index (χ3v) is 2.70. The predicted molar refractivity (Wildman–Crippen MR) is 63.6 cm³/mol. The molecule has 2 nitrogen and oxygen atoms in total. The average molecular weight is 212 g/mol. The van der Waals surface area contributed by atoms with Crippen molar-refractivity contribution >= 4 is 5.97 Å². The number of hydrogen-bond acceptors (Lipinski definition) is 2. The molecule has 0 aromatic carbocycles. The van der Waals surface area contributed by atoms with Gasteiger partial charge >= 0.3 is 5.97 Å². The Hall–Kier alpha value is -0.790. The summed E-state index contributed by atoms with van der Waals surface area (Å²) in [6.07, 6.45) is 4.54. The van der Waals surface area contributed by atoms with Gasteiger partial charge in [-0.05, 0) is 38.5 Å². The lowest BCUT2D eigenvalue weighted by atomic mass is 9.92. The minimum atomic E-state index is -0.182. The summed E-state index contributed by atoms with van der Waals surface area (Å²) in [6, 6.07) is 0. The summed E-state index contributed by atoms with van der Waals surface area (Å²) in [5.41, 5.74) is 1.37. The highest BCUT2D eigenvalue weighted by Gasteiger charge is 2.12. The first-order valence-electron chi connectivity index (χ1n) is 5.70. The van der Waals surface area contributed by atoms with Crippen LogP contribution in [-0.4, -0.2) is 12.6 Å².